The molecule has 1 saturated carbocycles. The van der Waals surface area contributed by atoms with Gasteiger partial charge in [0.1, 0.15) is 22.9 Å². The van der Waals surface area contributed by atoms with Crippen LogP contribution in [0.3, 0.4) is 0 Å². The number of halogens is 6. The monoisotopic (exact) mass is 558 g/mol. The zero-order chi connectivity index (χ0) is 28.8. The van der Waals surface area contributed by atoms with Gasteiger partial charge in [-0.15, -0.1) is 13.2 Å². The lowest BCUT2D eigenvalue weighted by Gasteiger charge is -2.40. The number of aromatic nitrogens is 2. The molecule has 1 fully saturated rings. The van der Waals surface area contributed by atoms with Gasteiger partial charge < -0.3 is 19.1 Å². The summed E-state index contributed by atoms with van der Waals surface area (Å²) in [6.07, 6.45) is -6.81. The van der Waals surface area contributed by atoms with Crippen LogP contribution in [0.25, 0.3) is 11.0 Å². The van der Waals surface area contributed by atoms with E-state index < -0.39 is 36.4 Å². The maximum Gasteiger partial charge on any atom is 0.573 e. The van der Waals surface area contributed by atoms with Gasteiger partial charge >= 0.3 is 18.5 Å². The Bertz CT molecular complexity index is 1350. The van der Waals surface area contributed by atoms with Crippen molar-refractivity contribution in [3.63, 3.8) is 0 Å². The van der Waals surface area contributed by atoms with E-state index in [-0.39, 0.29) is 29.1 Å². The average molecular weight is 559 g/mol. The molecule has 39 heavy (non-hydrogen) atoms. The SMILES string of the molecule is C[C@H]1C[C@@H](n2c(Cc3ccc(OC(F)(F)F)cc3)nc3cc(C(=O)O)c(OCC(F)(F)F)cc32)CC(C)(C)C1. The van der Waals surface area contributed by atoms with Crippen LogP contribution in [0.15, 0.2) is 36.4 Å². The standard InChI is InChI=1S/C27H28F6N2O4/c1-15-8-17(13-25(2,3)12-15)35-21-11-22(38-14-26(28,29)30)19(24(36)37)10-20(21)34-23(35)9-16-4-6-18(7-5-16)39-27(31,32)33/h4-7,10-11,15,17H,8-9,12-14H2,1-3H3,(H,36,37)/t15-,17+/m0/s1. The Balaban J connectivity index is 1.81. The van der Waals surface area contributed by atoms with Crippen molar-refractivity contribution in [2.45, 2.75) is 65.0 Å². The first-order valence-electron chi connectivity index (χ1n) is 12.3. The van der Waals surface area contributed by atoms with E-state index in [1.807, 2.05) is 4.57 Å². The minimum absolute atomic E-state index is 0.0383. The highest BCUT2D eigenvalue weighted by Crippen LogP contribution is 2.46. The summed E-state index contributed by atoms with van der Waals surface area (Å²) in [5, 5.41) is 9.64. The number of rotatable bonds is 7. The molecular weight excluding hydrogens is 530 g/mol. The largest absolute Gasteiger partial charge is 0.573 e. The topological polar surface area (TPSA) is 73.6 Å². The van der Waals surface area contributed by atoms with Crippen LogP contribution in [0.4, 0.5) is 26.3 Å². The first-order valence-corrected chi connectivity index (χ1v) is 12.3. The van der Waals surface area contributed by atoms with Crippen molar-refractivity contribution in [3.8, 4) is 11.5 Å². The molecular formula is C27H28F6N2O4. The highest BCUT2D eigenvalue weighted by atomic mass is 19.4. The molecule has 1 aromatic heterocycles. The van der Waals surface area contributed by atoms with Crippen LogP contribution in [0.5, 0.6) is 11.5 Å². The van der Waals surface area contributed by atoms with Crippen LogP contribution >= 0.6 is 0 Å². The van der Waals surface area contributed by atoms with E-state index in [1.165, 1.54) is 36.4 Å². The number of imidazole rings is 1. The number of carbonyl (C=O) groups is 1. The first-order chi connectivity index (χ1) is 18.0. The molecule has 0 spiro atoms. The van der Waals surface area contributed by atoms with Crippen molar-refractivity contribution in [2.75, 3.05) is 6.61 Å². The zero-order valence-electron chi connectivity index (χ0n) is 21.5. The van der Waals surface area contributed by atoms with Gasteiger partial charge in [0, 0.05) is 18.5 Å². The third kappa shape index (κ3) is 7.15. The summed E-state index contributed by atoms with van der Waals surface area (Å²) in [7, 11) is 0. The van der Waals surface area contributed by atoms with E-state index in [0.717, 1.165) is 19.3 Å². The molecule has 4 rings (SSSR count). The van der Waals surface area contributed by atoms with E-state index in [0.29, 0.717) is 22.8 Å². The summed E-state index contributed by atoms with van der Waals surface area (Å²) in [6, 6.07) is 7.70. The van der Waals surface area contributed by atoms with Gasteiger partial charge in [-0.3, -0.25) is 0 Å². The van der Waals surface area contributed by atoms with Gasteiger partial charge in [-0.1, -0.05) is 32.9 Å². The fourth-order valence-corrected chi connectivity index (χ4v) is 5.63. The number of hydrogen-bond acceptors (Lipinski definition) is 4. The molecule has 0 aliphatic heterocycles. The second kappa shape index (κ2) is 10.3. The van der Waals surface area contributed by atoms with Gasteiger partial charge in [0.05, 0.1) is 11.0 Å². The van der Waals surface area contributed by atoms with E-state index in [1.54, 1.807) is 0 Å². The molecule has 6 nitrogen and oxygen atoms in total. The lowest BCUT2D eigenvalue weighted by Crippen LogP contribution is -2.30. The van der Waals surface area contributed by atoms with Crippen LogP contribution in [-0.4, -0.2) is 39.8 Å². The highest BCUT2D eigenvalue weighted by molar-refractivity contribution is 5.96. The molecule has 2 atom stereocenters. The van der Waals surface area contributed by atoms with Gasteiger partial charge in [-0.05, 0) is 54.4 Å². The van der Waals surface area contributed by atoms with Gasteiger partial charge in [-0.2, -0.15) is 13.2 Å². The van der Waals surface area contributed by atoms with E-state index >= 15 is 0 Å². The van der Waals surface area contributed by atoms with E-state index in [9.17, 15) is 36.2 Å². The summed E-state index contributed by atoms with van der Waals surface area (Å²) < 4.78 is 87.1. The third-order valence-corrected chi connectivity index (χ3v) is 6.73. The van der Waals surface area contributed by atoms with Crippen molar-refractivity contribution < 1.29 is 45.7 Å². The Kier molecular flexibility index (Phi) is 7.52. The Hall–Kier alpha value is -3.44. The smallest absolute Gasteiger partial charge is 0.483 e. The number of fused-ring (bicyclic) bond motifs is 1. The molecule has 1 aliphatic carbocycles. The van der Waals surface area contributed by atoms with Crippen molar-refractivity contribution in [3.05, 3.63) is 53.3 Å². The molecule has 212 valence electrons. The van der Waals surface area contributed by atoms with Gasteiger partial charge in [-0.25, -0.2) is 9.78 Å². The number of benzene rings is 2. The number of alkyl halides is 6. The number of carboxylic acid groups (broad SMARTS) is 1. The normalized spacial score (nSPS) is 19.7. The van der Waals surface area contributed by atoms with Crippen LogP contribution in [-0.2, 0) is 6.42 Å². The molecule has 0 saturated heterocycles. The third-order valence-electron chi connectivity index (χ3n) is 6.73. The maximum atomic E-state index is 12.9. The van der Waals surface area contributed by atoms with Crippen molar-refractivity contribution in [1.29, 1.82) is 0 Å². The molecule has 1 heterocycles. The van der Waals surface area contributed by atoms with Crippen LogP contribution in [0, 0.1) is 11.3 Å². The summed E-state index contributed by atoms with van der Waals surface area (Å²) in [5.41, 5.74) is 0.836. The molecule has 1 N–H and O–H groups in total. The number of hydrogen-bond donors (Lipinski definition) is 1. The quantitative estimate of drug-likeness (QED) is 0.303. The number of ether oxygens (including phenoxy) is 2. The summed E-state index contributed by atoms with van der Waals surface area (Å²) in [4.78, 5) is 16.5. The Morgan fingerprint density at radius 2 is 1.77 bits per heavy atom. The fourth-order valence-electron chi connectivity index (χ4n) is 5.63. The van der Waals surface area contributed by atoms with Crippen LogP contribution in [0.2, 0.25) is 0 Å². The second-order valence-electron chi connectivity index (χ2n) is 10.9. The maximum absolute atomic E-state index is 12.9. The predicted octanol–water partition coefficient (Wildman–Crippen LogP) is 7.55. The summed E-state index contributed by atoms with van der Waals surface area (Å²) in [6.45, 7) is 4.73. The number of aromatic carboxylic acids is 1. The van der Waals surface area contributed by atoms with Gasteiger partial charge in [0.25, 0.3) is 0 Å². The fraction of sp³-hybridized carbons (Fsp3) is 0.481. The molecule has 0 unspecified atom stereocenters. The predicted molar refractivity (Wildman–Crippen MR) is 130 cm³/mol. The highest BCUT2D eigenvalue weighted by Gasteiger charge is 2.36. The Labute approximate surface area is 220 Å². The van der Waals surface area contributed by atoms with Crippen LogP contribution < -0.4 is 9.47 Å². The zero-order valence-corrected chi connectivity index (χ0v) is 21.5. The Morgan fingerprint density at radius 1 is 1.10 bits per heavy atom. The molecule has 0 bridgehead atoms. The van der Waals surface area contributed by atoms with Crippen LogP contribution in [0.1, 0.15) is 67.8 Å². The van der Waals surface area contributed by atoms with Crippen molar-refractivity contribution in [2.24, 2.45) is 11.3 Å². The summed E-state index contributed by atoms with van der Waals surface area (Å²) >= 11 is 0. The lowest BCUT2D eigenvalue weighted by atomic mass is 9.70. The van der Waals surface area contributed by atoms with E-state index in [2.05, 4.69) is 30.5 Å². The minimum Gasteiger partial charge on any atom is -0.483 e. The molecule has 2 aromatic carbocycles. The molecule has 0 radical (unpaired) electrons. The van der Waals surface area contributed by atoms with E-state index in [4.69, 9.17) is 4.74 Å². The number of nitrogens with zero attached hydrogens (tertiary/aromatic N) is 2. The van der Waals surface area contributed by atoms with Gasteiger partial charge in [0.2, 0.25) is 0 Å². The number of carboxylic acids is 1. The molecule has 0 amide bonds. The second-order valence-corrected chi connectivity index (χ2v) is 10.9. The lowest BCUT2D eigenvalue weighted by molar-refractivity contribution is -0.274. The molecule has 1 aliphatic rings. The summed E-state index contributed by atoms with van der Waals surface area (Å²) in [5.74, 6) is -1.41. The van der Waals surface area contributed by atoms with Crippen molar-refractivity contribution >= 4 is 17.0 Å². The molecule has 12 heteroatoms. The average Bonchev–Trinajstić information content (AvgIpc) is 3.12. The first kappa shape index (κ1) is 28.6. The van der Waals surface area contributed by atoms with Gasteiger partial charge in [0.15, 0.2) is 6.61 Å². The van der Waals surface area contributed by atoms with Crippen molar-refractivity contribution in [1.82, 2.24) is 9.55 Å². The Morgan fingerprint density at radius 3 is 2.33 bits per heavy atom. The molecule has 3 aromatic rings. The minimum atomic E-state index is -4.83.